The molecule has 1 aromatic rings. The molecule has 0 aromatic heterocycles. The van der Waals surface area contributed by atoms with E-state index in [1.165, 1.54) is 10.6 Å². The first-order valence-corrected chi connectivity index (χ1v) is 6.10. The molecule has 0 saturated heterocycles. The van der Waals surface area contributed by atoms with Gasteiger partial charge in [0, 0.05) is 17.8 Å². The van der Waals surface area contributed by atoms with Gasteiger partial charge in [-0.3, -0.25) is 4.21 Å². The maximum absolute atomic E-state index is 11.1. The second-order valence-corrected chi connectivity index (χ2v) is 4.46. The second kappa shape index (κ2) is 5.81. The smallest absolute Gasteiger partial charge is 0.229 e. The van der Waals surface area contributed by atoms with Crippen LogP contribution in [0.5, 0.6) is 0 Å². The third-order valence-corrected chi connectivity index (χ3v) is 2.95. The van der Waals surface area contributed by atoms with E-state index in [0.717, 1.165) is 5.56 Å². The van der Waals surface area contributed by atoms with Crippen LogP contribution in [0.2, 0.25) is 0 Å². The Bertz CT molecular complexity index is 421. The molecule has 1 unspecified atom stereocenters. The molecule has 0 amide bonds. The van der Waals surface area contributed by atoms with Crippen molar-refractivity contribution in [2.24, 2.45) is 0 Å². The van der Waals surface area contributed by atoms with E-state index in [2.05, 4.69) is 0 Å². The average Bonchev–Trinajstić information content (AvgIpc) is 2.82. The van der Waals surface area contributed by atoms with E-state index < -0.39 is 11.3 Å². The number of hydrogen-bond donors (Lipinski definition) is 0. The van der Waals surface area contributed by atoms with Gasteiger partial charge in [-0.1, -0.05) is 30.3 Å². The summed E-state index contributed by atoms with van der Waals surface area (Å²) in [5, 5.41) is 0. The normalized spacial score (nSPS) is 16.2. The molecule has 1 aromatic carbocycles. The number of ether oxygens (including phenoxy) is 2. The Kier molecular flexibility index (Phi) is 4.13. The average molecular weight is 254 g/mol. The fraction of sp³-hybridized carbons (Fsp3) is 0.273. The van der Waals surface area contributed by atoms with Gasteiger partial charge in [0.05, 0.1) is 6.54 Å². The molecule has 1 aliphatic heterocycles. The number of nitrogens with zero attached hydrogens (tertiary/aromatic N) is 1. The molecule has 0 aliphatic carbocycles. The zero-order valence-corrected chi connectivity index (χ0v) is 9.89. The Hall–Kier alpha value is -1.37. The van der Waals surface area contributed by atoms with Crippen LogP contribution in [0.1, 0.15) is 5.56 Å². The lowest BCUT2D eigenvalue weighted by Gasteiger charge is -2.23. The number of hydrogen-bond acceptors (Lipinski definition) is 4. The number of rotatable bonds is 5. The molecule has 0 spiro atoms. The molecule has 1 atom stereocenters. The number of benzene rings is 1. The summed E-state index contributed by atoms with van der Waals surface area (Å²) in [6.07, 6.45) is 1.44. The quantitative estimate of drug-likeness (QED) is 0.739. The molecule has 0 fully saturated rings. The van der Waals surface area contributed by atoms with E-state index in [9.17, 15) is 8.76 Å². The van der Waals surface area contributed by atoms with Gasteiger partial charge in [0.15, 0.2) is 0 Å². The van der Waals surface area contributed by atoms with Crippen molar-refractivity contribution in [2.75, 3.05) is 13.3 Å². The van der Waals surface area contributed by atoms with Gasteiger partial charge in [-0.2, -0.15) is 0 Å². The maximum atomic E-state index is 11.1. The molecule has 1 heterocycles. The fourth-order valence-corrected chi connectivity index (χ4v) is 1.96. The fourth-order valence-electron chi connectivity index (χ4n) is 1.48. The van der Waals surface area contributed by atoms with Crippen LogP contribution in [0, 0.1) is 0 Å². The molecule has 1 aliphatic rings. The van der Waals surface area contributed by atoms with Crippen molar-refractivity contribution in [3.63, 3.8) is 0 Å². The van der Waals surface area contributed by atoms with Crippen LogP contribution >= 0.6 is 0 Å². The summed E-state index contributed by atoms with van der Waals surface area (Å²) in [5.74, 6) is 0.519. The van der Waals surface area contributed by atoms with E-state index in [-0.39, 0.29) is 13.3 Å². The highest BCUT2D eigenvalue weighted by Gasteiger charge is 2.13. The Morgan fingerprint density at radius 3 is 2.65 bits per heavy atom. The third kappa shape index (κ3) is 3.55. The molecule has 0 N–H and O–H groups in total. The summed E-state index contributed by atoms with van der Waals surface area (Å²) < 4.78 is 33.4. The zero-order valence-electron chi connectivity index (χ0n) is 9.07. The van der Waals surface area contributed by atoms with Gasteiger partial charge in [-0.15, -0.1) is 0 Å². The first-order chi connectivity index (χ1) is 8.25. The maximum Gasteiger partial charge on any atom is 0.229 e. The highest BCUT2D eigenvalue weighted by atomic mass is 32.2. The van der Waals surface area contributed by atoms with E-state index in [4.69, 9.17) is 9.47 Å². The summed E-state index contributed by atoms with van der Waals surface area (Å²) >= 11 is -2.29. The first kappa shape index (κ1) is 12.1. The monoisotopic (exact) mass is 254 g/mol. The lowest BCUT2D eigenvalue weighted by atomic mass is 10.2. The van der Waals surface area contributed by atoms with Crippen LogP contribution in [0.3, 0.4) is 0 Å². The molecule has 0 radical (unpaired) electrons. The van der Waals surface area contributed by atoms with Gasteiger partial charge in [-0.25, -0.2) is 4.31 Å². The molecular weight excluding hydrogens is 242 g/mol. The molecule has 0 bridgehead atoms. The minimum Gasteiger partial charge on any atom is -0.760 e. The summed E-state index contributed by atoms with van der Waals surface area (Å²) in [4.78, 5) is 0. The van der Waals surface area contributed by atoms with Crippen LogP contribution in [0.15, 0.2) is 42.4 Å². The van der Waals surface area contributed by atoms with Crippen LogP contribution in [0.25, 0.3) is 0 Å². The van der Waals surface area contributed by atoms with Gasteiger partial charge in [0.2, 0.25) is 6.79 Å². The first-order valence-electron chi connectivity index (χ1n) is 5.07. The van der Waals surface area contributed by atoms with Crippen LogP contribution in [0.4, 0.5) is 0 Å². The topological polar surface area (TPSA) is 61.8 Å². The van der Waals surface area contributed by atoms with Gasteiger partial charge < -0.3 is 14.0 Å². The summed E-state index contributed by atoms with van der Waals surface area (Å²) in [6.45, 7) is 0.655. The van der Waals surface area contributed by atoms with E-state index >= 15 is 0 Å². The van der Waals surface area contributed by atoms with Crippen molar-refractivity contribution in [3.05, 3.63) is 47.9 Å². The Balaban J connectivity index is 2.00. The Morgan fingerprint density at radius 1 is 1.29 bits per heavy atom. The highest BCUT2D eigenvalue weighted by molar-refractivity contribution is 7.76. The molecule has 5 nitrogen and oxygen atoms in total. The van der Waals surface area contributed by atoms with E-state index in [1.54, 1.807) is 0 Å². The van der Waals surface area contributed by atoms with Crippen molar-refractivity contribution in [1.29, 1.82) is 0 Å². The third-order valence-electron chi connectivity index (χ3n) is 2.27. The lowest BCUT2D eigenvalue weighted by Crippen LogP contribution is -2.27. The summed E-state index contributed by atoms with van der Waals surface area (Å²) in [6, 6.07) is 9.38. The predicted molar refractivity (Wildman–Crippen MR) is 60.9 cm³/mol. The molecule has 92 valence electrons. The summed E-state index contributed by atoms with van der Waals surface area (Å²) in [5.41, 5.74) is 0.927. The molecule has 6 heteroatoms. The van der Waals surface area contributed by atoms with E-state index in [0.29, 0.717) is 12.3 Å². The lowest BCUT2D eigenvalue weighted by molar-refractivity contribution is 0.0760. The van der Waals surface area contributed by atoms with Crippen LogP contribution < -0.4 is 0 Å². The van der Waals surface area contributed by atoms with Crippen molar-refractivity contribution < 1.29 is 18.2 Å². The molecule has 0 saturated carbocycles. The standard InChI is InChI=1S/C11H13NO4S/c13-17(14)12(7-11-8-15-9-16-11)6-10-4-2-1-3-5-10/h1-5,8H,6-7,9H2,(H,13,14)/p-1. The van der Waals surface area contributed by atoms with Gasteiger partial charge in [0.25, 0.3) is 0 Å². The predicted octanol–water partition coefficient (Wildman–Crippen LogP) is 1.13. The SMILES string of the molecule is O=S([O-])N(CC1=COCO1)Cc1ccccc1. The van der Waals surface area contributed by atoms with Crippen molar-refractivity contribution >= 4 is 11.3 Å². The van der Waals surface area contributed by atoms with Gasteiger partial charge >= 0.3 is 0 Å². The zero-order chi connectivity index (χ0) is 12.1. The second-order valence-electron chi connectivity index (χ2n) is 3.51. The van der Waals surface area contributed by atoms with E-state index in [1.807, 2.05) is 30.3 Å². The van der Waals surface area contributed by atoms with Crippen molar-refractivity contribution in [3.8, 4) is 0 Å². The largest absolute Gasteiger partial charge is 0.760 e. The van der Waals surface area contributed by atoms with Gasteiger partial charge in [0.1, 0.15) is 12.0 Å². The van der Waals surface area contributed by atoms with Crippen LogP contribution in [-0.4, -0.2) is 26.4 Å². The van der Waals surface area contributed by atoms with Crippen LogP contribution in [-0.2, 0) is 27.3 Å². The summed E-state index contributed by atoms with van der Waals surface area (Å²) in [7, 11) is 0. The Morgan fingerprint density at radius 2 is 2.06 bits per heavy atom. The van der Waals surface area contributed by atoms with Crippen molar-refractivity contribution in [2.45, 2.75) is 6.54 Å². The molecule has 17 heavy (non-hydrogen) atoms. The Labute approximate surface area is 102 Å². The van der Waals surface area contributed by atoms with Gasteiger partial charge in [-0.05, 0) is 5.56 Å². The minimum atomic E-state index is -2.29. The highest BCUT2D eigenvalue weighted by Crippen LogP contribution is 2.12. The molecular formula is C11H12NO4S-. The molecule has 2 rings (SSSR count). The minimum absolute atomic E-state index is 0.153. The van der Waals surface area contributed by atoms with Crippen molar-refractivity contribution in [1.82, 2.24) is 4.31 Å².